The van der Waals surface area contributed by atoms with Gasteiger partial charge in [-0.25, -0.2) is 4.98 Å². The highest BCUT2D eigenvalue weighted by Crippen LogP contribution is 2.36. The highest BCUT2D eigenvalue weighted by atomic mass is 14.7. The predicted molar refractivity (Wildman–Crippen MR) is 120 cm³/mol. The average Bonchev–Trinajstić information content (AvgIpc) is 2.78. The van der Waals surface area contributed by atoms with E-state index in [1.165, 1.54) is 37.7 Å². The van der Waals surface area contributed by atoms with E-state index in [1.54, 1.807) is 0 Å². The third kappa shape index (κ3) is 2.23. The zero-order valence-electron chi connectivity index (χ0n) is 15.3. The van der Waals surface area contributed by atoms with Gasteiger partial charge in [-0.3, -0.25) is 0 Å². The monoisotopic (exact) mass is 355 g/mol. The molecule has 0 unspecified atom stereocenters. The van der Waals surface area contributed by atoms with Gasteiger partial charge >= 0.3 is 0 Å². The molecule has 1 heteroatoms. The molecule has 130 valence electrons. The van der Waals surface area contributed by atoms with Crippen molar-refractivity contribution in [1.82, 2.24) is 4.98 Å². The van der Waals surface area contributed by atoms with Crippen molar-refractivity contribution < 1.29 is 0 Å². The van der Waals surface area contributed by atoms with Crippen LogP contribution in [0.5, 0.6) is 0 Å². The molecule has 1 aromatic heterocycles. The van der Waals surface area contributed by atoms with Crippen LogP contribution >= 0.6 is 0 Å². The van der Waals surface area contributed by atoms with Gasteiger partial charge in [-0.1, -0.05) is 97.1 Å². The van der Waals surface area contributed by atoms with Crippen LogP contribution in [0, 0.1) is 0 Å². The molecule has 0 fully saturated rings. The number of pyridine rings is 1. The molecule has 0 radical (unpaired) electrons. The largest absolute Gasteiger partial charge is 0.246 e. The van der Waals surface area contributed by atoms with Crippen LogP contribution in [0.25, 0.3) is 54.5 Å². The van der Waals surface area contributed by atoms with Crippen LogP contribution in [0.2, 0.25) is 0 Å². The van der Waals surface area contributed by atoms with Crippen molar-refractivity contribution in [2.45, 2.75) is 0 Å². The van der Waals surface area contributed by atoms with Gasteiger partial charge in [-0.2, -0.15) is 0 Å². The summed E-state index contributed by atoms with van der Waals surface area (Å²) in [4.78, 5) is 5.21. The maximum Gasteiger partial charge on any atom is 0.0794 e. The maximum absolute atomic E-state index is 5.21. The zero-order valence-corrected chi connectivity index (χ0v) is 15.3. The van der Waals surface area contributed by atoms with Gasteiger partial charge in [0.05, 0.1) is 11.2 Å². The van der Waals surface area contributed by atoms with Crippen LogP contribution in [-0.2, 0) is 0 Å². The molecule has 0 atom stereocenters. The van der Waals surface area contributed by atoms with E-state index in [2.05, 4.69) is 103 Å². The van der Waals surface area contributed by atoms with Crippen LogP contribution in [0.4, 0.5) is 0 Å². The lowest BCUT2D eigenvalue weighted by atomic mass is 9.96. The Labute approximate surface area is 162 Å². The highest BCUT2D eigenvalue weighted by Gasteiger charge is 2.12. The van der Waals surface area contributed by atoms with E-state index in [1.807, 2.05) is 0 Å². The maximum atomic E-state index is 5.21. The fourth-order valence-electron chi connectivity index (χ4n) is 4.25. The number of rotatable bonds is 1. The van der Waals surface area contributed by atoms with E-state index in [9.17, 15) is 0 Å². The van der Waals surface area contributed by atoms with Gasteiger partial charge in [-0.05, 0) is 27.6 Å². The molecule has 6 aromatic rings. The summed E-state index contributed by atoms with van der Waals surface area (Å²) in [5.74, 6) is 0. The number of benzene rings is 5. The van der Waals surface area contributed by atoms with Crippen LogP contribution in [0.3, 0.4) is 0 Å². The minimum absolute atomic E-state index is 1.05. The molecule has 0 saturated heterocycles. The number of hydrogen-bond donors (Lipinski definition) is 0. The van der Waals surface area contributed by atoms with E-state index in [0.717, 1.165) is 16.8 Å². The SMILES string of the molecule is c1ccc2cc(-c3nc4c5ccccc5ccc4c4ccccc34)ccc2c1. The van der Waals surface area contributed by atoms with Crippen molar-refractivity contribution in [2.24, 2.45) is 0 Å². The van der Waals surface area contributed by atoms with Crippen molar-refractivity contribution in [2.75, 3.05) is 0 Å². The Morgan fingerprint density at radius 2 is 1.07 bits per heavy atom. The first kappa shape index (κ1) is 15.4. The van der Waals surface area contributed by atoms with Crippen molar-refractivity contribution >= 4 is 43.2 Å². The number of fused-ring (bicyclic) bond motifs is 6. The summed E-state index contributed by atoms with van der Waals surface area (Å²) in [5.41, 5.74) is 3.27. The molecule has 0 aliphatic carbocycles. The second kappa shape index (κ2) is 5.90. The van der Waals surface area contributed by atoms with Gasteiger partial charge in [0.15, 0.2) is 0 Å². The Kier molecular flexibility index (Phi) is 3.24. The fourth-order valence-corrected chi connectivity index (χ4v) is 4.25. The summed E-state index contributed by atoms with van der Waals surface area (Å²) < 4.78 is 0. The van der Waals surface area contributed by atoms with Crippen molar-refractivity contribution in [3.05, 3.63) is 103 Å². The van der Waals surface area contributed by atoms with Crippen molar-refractivity contribution in [3.63, 3.8) is 0 Å². The third-order valence-electron chi connectivity index (χ3n) is 5.62. The van der Waals surface area contributed by atoms with E-state index in [0.29, 0.717) is 0 Å². The second-order valence-electron chi connectivity index (χ2n) is 7.25. The van der Waals surface area contributed by atoms with Gasteiger partial charge in [0, 0.05) is 21.7 Å². The van der Waals surface area contributed by atoms with Gasteiger partial charge in [0.25, 0.3) is 0 Å². The topological polar surface area (TPSA) is 12.9 Å². The second-order valence-corrected chi connectivity index (χ2v) is 7.25. The molecule has 0 aliphatic rings. The van der Waals surface area contributed by atoms with E-state index in [-0.39, 0.29) is 0 Å². The lowest BCUT2D eigenvalue weighted by Gasteiger charge is -2.12. The summed E-state index contributed by atoms with van der Waals surface area (Å²) in [6.07, 6.45) is 0. The molecule has 28 heavy (non-hydrogen) atoms. The molecule has 0 saturated carbocycles. The van der Waals surface area contributed by atoms with E-state index in [4.69, 9.17) is 4.98 Å². The molecule has 0 aliphatic heterocycles. The summed E-state index contributed by atoms with van der Waals surface area (Å²) in [6, 6.07) is 36.6. The molecule has 0 spiro atoms. The first-order valence-electron chi connectivity index (χ1n) is 9.58. The van der Waals surface area contributed by atoms with Gasteiger partial charge in [0.1, 0.15) is 0 Å². The van der Waals surface area contributed by atoms with Crippen LogP contribution in [0.15, 0.2) is 103 Å². The zero-order chi connectivity index (χ0) is 18.5. The molecule has 1 heterocycles. The number of hydrogen-bond acceptors (Lipinski definition) is 1. The highest BCUT2D eigenvalue weighted by molar-refractivity contribution is 6.18. The van der Waals surface area contributed by atoms with Gasteiger partial charge in [0.2, 0.25) is 0 Å². The van der Waals surface area contributed by atoms with Gasteiger partial charge < -0.3 is 0 Å². The Hall–Kier alpha value is -3.71. The molecule has 0 amide bonds. The Morgan fingerprint density at radius 3 is 1.93 bits per heavy atom. The van der Waals surface area contributed by atoms with Crippen molar-refractivity contribution in [1.29, 1.82) is 0 Å². The third-order valence-corrected chi connectivity index (χ3v) is 5.62. The van der Waals surface area contributed by atoms with Crippen LogP contribution in [0.1, 0.15) is 0 Å². The minimum atomic E-state index is 1.05. The first-order valence-corrected chi connectivity index (χ1v) is 9.58. The fraction of sp³-hybridized carbons (Fsp3) is 0. The molecule has 0 bridgehead atoms. The predicted octanol–water partition coefficient (Wildman–Crippen LogP) is 7.36. The number of nitrogens with zero attached hydrogens (tertiary/aromatic N) is 1. The Balaban J connectivity index is 1.78. The number of aromatic nitrogens is 1. The lowest BCUT2D eigenvalue weighted by molar-refractivity contribution is 1.44. The molecule has 5 aromatic carbocycles. The average molecular weight is 355 g/mol. The smallest absolute Gasteiger partial charge is 0.0794 e. The molecular weight excluding hydrogens is 338 g/mol. The molecular formula is C27H17N. The summed E-state index contributed by atoms with van der Waals surface area (Å²) >= 11 is 0. The molecule has 1 nitrogen and oxygen atoms in total. The van der Waals surface area contributed by atoms with Gasteiger partial charge in [-0.15, -0.1) is 0 Å². The standard InChI is InChI=1S/C27H17N/c1-2-9-20-17-21(14-13-18(20)7-1)26-24-12-6-5-11-23(24)25-16-15-19-8-3-4-10-22(19)27(25)28-26/h1-17H. The van der Waals surface area contributed by atoms with Crippen LogP contribution in [-0.4, -0.2) is 4.98 Å². The van der Waals surface area contributed by atoms with Crippen LogP contribution < -0.4 is 0 Å². The molecule has 6 rings (SSSR count). The lowest BCUT2D eigenvalue weighted by Crippen LogP contribution is -1.91. The summed E-state index contributed by atoms with van der Waals surface area (Å²) in [5, 5.41) is 8.57. The molecule has 0 N–H and O–H groups in total. The first-order chi connectivity index (χ1) is 13.9. The Bertz CT molecular complexity index is 1510. The van der Waals surface area contributed by atoms with E-state index >= 15 is 0 Å². The Morgan fingerprint density at radius 1 is 0.429 bits per heavy atom. The normalized spacial score (nSPS) is 11.6. The minimum Gasteiger partial charge on any atom is -0.246 e. The quantitative estimate of drug-likeness (QED) is 0.281. The summed E-state index contributed by atoms with van der Waals surface area (Å²) in [6.45, 7) is 0. The summed E-state index contributed by atoms with van der Waals surface area (Å²) in [7, 11) is 0. The van der Waals surface area contributed by atoms with E-state index < -0.39 is 0 Å². The van der Waals surface area contributed by atoms with Crippen molar-refractivity contribution in [3.8, 4) is 11.3 Å².